The standard InChI is InChI=1S/C27H22BrNO3S/c1-18-7-11-22(12-8-18)33(31,32)29-17-20(23-13-10-21(28)15-25(23)29)16-27(2)24-6-4-3-5-19(24)9-14-26(27)30/h3-15,17H,16H2,1-2H3/t27-/m0/s1. The maximum atomic E-state index is 13.6. The van der Waals surface area contributed by atoms with E-state index in [1.807, 2.05) is 62.4 Å². The van der Waals surface area contributed by atoms with Gasteiger partial charge in [-0.05, 0) is 67.3 Å². The van der Waals surface area contributed by atoms with Gasteiger partial charge >= 0.3 is 0 Å². The molecule has 4 nitrogen and oxygen atoms in total. The molecule has 166 valence electrons. The van der Waals surface area contributed by atoms with Gasteiger partial charge in [0.1, 0.15) is 0 Å². The molecule has 0 saturated carbocycles. The lowest BCUT2D eigenvalue weighted by atomic mass is 9.70. The third-order valence-electron chi connectivity index (χ3n) is 6.45. The van der Waals surface area contributed by atoms with E-state index in [2.05, 4.69) is 15.9 Å². The van der Waals surface area contributed by atoms with Crippen LogP contribution in [-0.4, -0.2) is 18.2 Å². The Bertz CT molecular complexity index is 1550. The number of nitrogens with zero attached hydrogens (tertiary/aromatic N) is 1. The van der Waals surface area contributed by atoms with Crippen molar-refractivity contribution in [1.82, 2.24) is 3.97 Å². The predicted molar refractivity (Wildman–Crippen MR) is 135 cm³/mol. The van der Waals surface area contributed by atoms with Crippen LogP contribution in [0.15, 0.2) is 88.4 Å². The molecule has 0 radical (unpaired) electrons. The summed E-state index contributed by atoms with van der Waals surface area (Å²) in [4.78, 5) is 13.3. The molecule has 0 aliphatic heterocycles. The number of fused-ring (bicyclic) bond motifs is 2. The molecule has 6 heteroatoms. The van der Waals surface area contributed by atoms with Crippen molar-refractivity contribution in [3.8, 4) is 0 Å². The van der Waals surface area contributed by atoms with Crippen LogP contribution in [0, 0.1) is 6.92 Å². The van der Waals surface area contributed by atoms with Crippen molar-refractivity contribution in [1.29, 1.82) is 0 Å². The zero-order chi connectivity index (χ0) is 23.4. The molecule has 1 aromatic heterocycles. The molecule has 1 atom stereocenters. The summed E-state index contributed by atoms with van der Waals surface area (Å²) in [5, 5.41) is 0.815. The zero-order valence-corrected chi connectivity index (χ0v) is 20.7. The summed E-state index contributed by atoms with van der Waals surface area (Å²) in [6, 6.07) is 20.3. The van der Waals surface area contributed by atoms with Gasteiger partial charge in [0, 0.05) is 16.1 Å². The number of carbonyl (C=O) groups is 1. The van der Waals surface area contributed by atoms with Gasteiger partial charge < -0.3 is 0 Å². The van der Waals surface area contributed by atoms with E-state index in [0.717, 1.165) is 32.1 Å². The van der Waals surface area contributed by atoms with Crippen molar-refractivity contribution in [2.75, 3.05) is 0 Å². The lowest BCUT2D eigenvalue weighted by molar-refractivity contribution is -0.119. The number of ketones is 1. The topological polar surface area (TPSA) is 56.1 Å². The fourth-order valence-electron chi connectivity index (χ4n) is 4.59. The maximum absolute atomic E-state index is 13.6. The second-order valence-corrected chi connectivity index (χ2v) is 11.5. The smallest absolute Gasteiger partial charge is 0.268 e. The molecule has 0 fully saturated rings. The third-order valence-corrected chi connectivity index (χ3v) is 8.63. The summed E-state index contributed by atoms with van der Waals surface area (Å²) in [7, 11) is -3.82. The minimum atomic E-state index is -3.82. The first-order valence-electron chi connectivity index (χ1n) is 10.6. The molecule has 1 aliphatic rings. The summed E-state index contributed by atoms with van der Waals surface area (Å²) >= 11 is 3.48. The van der Waals surface area contributed by atoms with Gasteiger partial charge in [-0.3, -0.25) is 4.79 Å². The normalized spacial score (nSPS) is 18.0. The molecule has 33 heavy (non-hydrogen) atoms. The summed E-state index contributed by atoms with van der Waals surface area (Å²) in [5.74, 6) is 0.0144. The first-order chi connectivity index (χ1) is 15.7. The average molecular weight is 520 g/mol. The van der Waals surface area contributed by atoms with Crippen molar-refractivity contribution in [3.05, 3.63) is 106 Å². The number of aryl methyl sites for hydroxylation is 1. The SMILES string of the molecule is Cc1ccc(S(=O)(=O)n2cc(C[C@]3(C)C(=O)C=Cc4ccccc43)c3ccc(Br)cc32)cc1. The average Bonchev–Trinajstić information content (AvgIpc) is 3.15. The Labute approximate surface area is 201 Å². The van der Waals surface area contributed by atoms with Crippen molar-refractivity contribution in [2.45, 2.75) is 30.6 Å². The molecule has 0 spiro atoms. The van der Waals surface area contributed by atoms with Crippen LogP contribution < -0.4 is 0 Å². The van der Waals surface area contributed by atoms with Crippen LogP contribution in [-0.2, 0) is 26.7 Å². The number of halogens is 1. The second-order valence-electron chi connectivity index (χ2n) is 8.72. The van der Waals surface area contributed by atoms with E-state index in [4.69, 9.17) is 0 Å². The molecule has 1 aliphatic carbocycles. The Morgan fingerprint density at radius 1 is 0.970 bits per heavy atom. The number of aromatic nitrogens is 1. The number of hydrogen-bond acceptors (Lipinski definition) is 3. The van der Waals surface area contributed by atoms with Gasteiger partial charge in [-0.2, -0.15) is 0 Å². The Kier molecular flexibility index (Phi) is 5.18. The van der Waals surface area contributed by atoms with Crippen LogP contribution in [0.3, 0.4) is 0 Å². The van der Waals surface area contributed by atoms with Crippen LogP contribution in [0.4, 0.5) is 0 Å². The fraction of sp³-hybridized carbons (Fsp3) is 0.148. The molecule has 0 bridgehead atoms. The monoisotopic (exact) mass is 519 g/mol. The Morgan fingerprint density at radius 2 is 1.70 bits per heavy atom. The number of carbonyl (C=O) groups excluding carboxylic acids is 1. The van der Waals surface area contributed by atoms with E-state index in [1.54, 1.807) is 36.5 Å². The highest BCUT2D eigenvalue weighted by Crippen LogP contribution is 2.39. The van der Waals surface area contributed by atoms with E-state index >= 15 is 0 Å². The van der Waals surface area contributed by atoms with E-state index < -0.39 is 15.4 Å². The number of rotatable bonds is 4. The van der Waals surface area contributed by atoms with Crippen LogP contribution in [0.2, 0.25) is 0 Å². The van der Waals surface area contributed by atoms with Crippen molar-refractivity contribution in [2.24, 2.45) is 0 Å². The van der Waals surface area contributed by atoms with Gasteiger partial charge in [-0.25, -0.2) is 12.4 Å². The Hall–Kier alpha value is -2.96. The molecule has 3 aromatic carbocycles. The van der Waals surface area contributed by atoms with Gasteiger partial charge in [0.05, 0.1) is 15.8 Å². The number of allylic oxidation sites excluding steroid dienone is 1. The highest BCUT2D eigenvalue weighted by atomic mass is 79.9. The van der Waals surface area contributed by atoms with Gasteiger partial charge in [-0.15, -0.1) is 0 Å². The molecule has 0 N–H and O–H groups in total. The van der Waals surface area contributed by atoms with E-state index in [-0.39, 0.29) is 10.7 Å². The molecular weight excluding hydrogens is 498 g/mol. The maximum Gasteiger partial charge on any atom is 0.268 e. The van der Waals surface area contributed by atoms with Crippen molar-refractivity contribution < 1.29 is 13.2 Å². The van der Waals surface area contributed by atoms with Crippen LogP contribution in [0.5, 0.6) is 0 Å². The largest absolute Gasteiger partial charge is 0.294 e. The third kappa shape index (κ3) is 3.58. The highest BCUT2D eigenvalue weighted by molar-refractivity contribution is 9.10. The van der Waals surface area contributed by atoms with Crippen molar-refractivity contribution in [3.63, 3.8) is 0 Å². The zero-order valence-electron chi connectivity index (χ0n) is 18.2. The highest BCUT2D eigenvalue weighted by Gasteiger charge is 2.38. The van der Waals surface area contributed by atoms with Gasteiger partial charge in [0.2, 0.25) is 0 Å². The van der Waals surface area contributed by atoms with Crippen molar-refractivity contribution >= 4 is 48.7 Å². The molecule has 0 saturated heterocycles. The summed E-state index contributed by atoms with van der Waals surface area (Å²) in [6.07, 6.45) is 5.54. The lowest BCUT2D eigenvalue weighted by Gasteiger charge is -2.31. The quantitative estimate of drug-likeness (QED) is 0.330. The lowest BCUT2D eigenvalue weighted by Crippen LogP contribution is -2.36. The van der Waals surface area contributed by atoms with Crippen LogP contribution in [0.25, 0.3) is 17.0 Å². The first-order valence-corrected chi connectivity index (χ1v) is 12.9. The van der Waals surface area contributed by atoms with E-state index in [1.165, 1.54) is 3.97 Å². The Morgan fingerprint density at radius 3 is 2.45 bits per heavy atom. The Balaban J connectivity index is 1.69. The minimum absolute atomic E-state index is 0.0144. The summed E-state index contributed by atoms with van der Waals surface area (Å²) in [5.41, 5.74) is 3.57. The summed E-state index contributed by atoms with van der Waals surface area (Å²) < 4.78 is 29.3. The molecule has 4 aromatic rings. The predicted octanol–water partition coefficient (Wildman–Crippen LogP) is 6.05. The number of hydrogen-bond donors (Lipinski definition) is 0. The van der Waals surface area contributed by atoms with E-state index in [0.29, 0.717) is 11.9 Å². The number of benzene rings is 3. The van der Waals surface area contributed by atoms with E-state index in [9.17, 15) is 13.2 Å². The van der Waals surface area contributed by atoms with Gasteiger partial charge in [-0.1, -0.05) is 70.0 Å². The molecular formula is C27H22BrNO3S. The first kappa shape index (κ1) is 21.9. The fourth-order valence-corrected chi connectivity index (χ4v) is 6.33. The van der Waals surface area contributed by atoms with Crippen LogP contribution in [0.1, 0.15) is 29.2 Å². The molecule has 1 heterocycles. The second kappa shape index (κ2) is 7.82. The molecule has 0 amide bonds. The minimum Gasteiger partial charge on any atom is -0.294 e. The molecule has 0 unspecified atom stereocenters. The summed E-state index contributed by atoms with van der Waals surface area (Å²) in [6.45, 7) is 3.86. The van der Waals surface area contributed by atoms with Crippen LogP contribution >= 0.6 is 15.9 Å². The molecule has 5 rings (SSSR count). The van der Waals surface area contributed by atoms with Gasteiger partial charge in [0.25, 0.3) is 10.0 Å². The van der Waals surface area contributed by atoms with Gasteiger partial charge in [0.15, 0.2) is 5.78 Å².